The number of nitrogens with two attached hydrogens (primary N) is 1. The number of carbonyl (C=O) groups is 1. The number of anilines is 1. The van der Waals surface area contributed by atoms with Crippen LogP contribution in [0.4, 0.5) is 5.69 Å². The van der Waals surface area contributed by atoms with Gasteiger partial charge in [0.1, 0.15) is 5.75 Å². The Morgan fingerprint density at radius 2 is 1.60 bits per heavy atom. The second kappa shape index (κ2) is 5.78. The Kier molecular flexibility index (Phi) is 4.08. The fourth-order valence-electron chi connectivity index (χ4n) is 2.05. The molecule has 2 aromatic carbocycles. The summed E-state index contributed by atoms with van der Waals surface area (Å²) < 4.78 is 5.50. The molecule has 2 N–H and O–H groups in total. The van der Waals surface area contributed by atoms with E-state index in [0.717, 1.165) is 16.7 Å². The average molecular weight is 269 g/mol. The zero-order chi connectivity index (χ0) is 14.7. The molecule has 0 aromatic heterocycles. The molecule has 2 rings (SSSR count). The molecule has 0 heterocycles. The summed E-state index contributed by atoms with van der Waals surface area (Å²) in [7, 11) is 0. The van der Waals surface area contributed by atoms with E-state index in [1.807, 2.05) is 32.9 Å². The van der Waals surface area contributed by atoms with E-state index in [1.54, 1.807) is 24.3 Å². The van der Waals surface area contributed by atoms with Crippen LogP contribution >= 0.6 is 0 Å². The highest BCUT2D eigenvalue weighted by Gasteiger charge is 2.11. The van der Waals surface area contributed by atoms with Gasteiger partial charge in [0.15, 0.2) is 12.4 Å². The topological polar surface area (TPSA) is 52.3 Å². The summed E-state index contributed by atoms with van der Waals surface area (Å²) in [4.78, 5) is 12.2. The molecule has 0 radical (unpaired) electrons. The SMILES string of the molecule is Cc1cc(C)c(C(=O)COc2ccc(N)cc2)cc1C. The van der Waals surface area contributed by atoms with Crippen LogP contribution in [0.2, 0.25) is 0 Å². The molecule has 0 aliphatic heterocycles. The van der Waals surface area contributed by atoms with Gasteiger partial charge in [-0.05, 0) is 67.8 Å². The molecule has 0 atom stereocenters. The number of benzene rings is 2. The Hall–Kier alpha value is -2.29. The molecule has 0 aliphatic carbocycles. The van der Waals surface area contributed by atoms with Gasteiger partial charge in [-0.1, -0.05) is 6.07 Å². The van der Waals surface area contributed by atoms with Gasteiger partial charge in [-0.25, -0.2) is 0 Å². The molecular formula is C17H19NO2. The van der Waals surface area contributed by atoms with Crippen molar-refractivity contribution in [3.05, 3.63) is 58.7 Å². The highest BCUT2D eigenvalue weighted by atomic mass is 16.5. The molecule has 0 aliphatic rings. The summed E-state index contributed by atoms with van der Waals surface area (Å²) in [6.07, 6.45) is 0. The number of ketones is 1. The number of hydrogen-bond acceptors (Lipinski definition) is 3. The van der Waals surface area contributed by atoms with Gasteiger partial charge in [-0.2, -0.15) is 0 Å². The van der Waals surface area contributed by atoms with Gasteiger partial charge >= 0.3 is 0 Å². The third-order valence-corrected chi connectivity index (χ3v) is 3.39. The average Bonchev–Trinajstić information content (AvgIpc) is 2.42. The van der Waals surface area contributed by atoms with Crippen molar-refractivity contribution in [2.45, 2.75) is 20.8 Å². The minimum atomic E-state index is -0.0116. The molecule has 0 saturated heterocycles. The molecule has 0 unspecified atom stereocenters. The zero-order valence-electron chi connectivity index (χ0n) is 12.1. The first-order valence-corrected chi connectivity index (χ1v) is 6.57. The van der Waals surface area contributed by atoms with Crippen molar-refractivity contribution < 1.29 is 9.53 Å². The summed E-state index contributed by atoms with van der Waals surface area (Å²) in [5, 5.41) is 0. The number of hydrogen-bond donors (Lipinski definition) is 1. The molecule has 104 valence electrons. The van der Waals surface area contributed by atoms with Crippen LogP contribution in [0.15, 0.2) is 36.4 Å². The van der Waals surface area contributed by atoms with Gasteiger partial charge in [0.05, 0.1) is 0 Å². The van der Waals surface area contributed by atoms with Gasteiger partial charge in [-0.15, -0.1) is 0 Å². The van der Waals surface area contributed by atoms with E-state index in [-0.39, 0.29) is 12.4 Å². The lowest BCUT2D eigenvalue weighted by Gasteiger charge is -2.10. The van der Waals surface area contributed by atoms with Gasteiger partial charge in [0.25, 0.3) is 0 Å². The first-order valence-electron chi connectivity index (χ1n) is 6.57. The summed E-state index contributed by atoms with van der Waals surface area (Å²) in [5.74, 6) is 0.636. The number of ether oxygens (including phenoxy) is 1. The molecule has 0 spiro atoms. The number of rotatable bonds is 4. The quantitative estimate of drug-likeness (QED) is 0.683. The standard InChI is InChI=1S/C17H19NO2/c1-11-8-13(3)16(9-12(11)2)17(19)10-20-15-6-4-14(18)5-7-15/h4-9H,10,18H2,1-3H3. The maximum absolute atomic E-state index is 12.2. The maximum atomic E-state index is 12.2. The summed E-state index contributed by atoms with van der Waals surface area (Å²) in [6.45, 7) is 6.03. The number of nitrogen functional groups attached to an aromatic ring is 1. The highest BCUT2D eigenvalue weighted by molar-refractivity contribution is 5.98. The van der Waals surface area contributed by atoms with Crippen molar-refractivity contribution in [2.24, 2.45) is 0 Å². The summed E-state index contributed by atoms with van der Waals surface area (Å²) >= 11 is 0. The fourth-order valence-corrected chi connectivity index (χ4v) is 2.05. The Morgan fingerprint density at radius 3 is 2.25 bits per heavy atom. The second-order valence-electron chi connectivity index (χ2n) is 5.03. The summed E-state index contributed by atoms with van der Waals surface area (Å²) in [6, 6.07) is 11.0. The van der Waals surface area contributed by atoms with E-state index in [0.29, 0.717) is 11.4 Å². The van der Waals surface area contributed by atoms with Crippen LogP contribution < -0.4 is 10.5 Å². The number of Topliss-reactive ketones (excluding diaryl/α,β-unsaturated/α-hetero) is 1. The highest BCUT2D eigenvalue weighted by Crippen LogP contribution is 2.17. The van der Waals surface area contributed by atoms with E-state index in [2.05, 4.69) is 0 Å². The smallest absolute Gasteiger partial charge is 0.200 e. The van der Waals surface area contributed by atoms with Crippen LogP contribution in [0.3, 0.4) is 0 Å². The van der Waals surface area contributed by atoms with E-state index in [4.69, 9.17) is 10.5 Å². The molecule has 0 saturated carbocycles. The lowest BCUT2D eigenvalue weighted by Crippen LogP contribution is -2.13. The molecule has 0 fully saturated rings. The zero-order valence-corrected chi connectivity index (χ0v) is 12.1. The van der Waals surface area contributed by atoms with Crippen LogP contribution in [0, 0.1) is 20.8 Å². The van der Waals surface area contributed by atoms with Gasteiger partial charge in [-0.3, -0.25) is 4.79 Å². The first-order chi connectivity index (χ1) is 9.47. The predicted molar refractivity (Wildman–Crippen MR) is 81.3 cm³/mol. The molecule has 3 nitrogen and oxygen atoms in total. The summed E-state index contributed by atoms with van der Waals surface area (Å²) in [5.41, 5.74) is 10.3. The molecule has 0 bridgehead atoms. The molecular weight excluding hydrogens is 250 g/mol. The minimum Gasteiger partial charge on any atom is -0.485 e. The third kappa shape index (κ3) is 3.18. The fraction of sp³-hybridized carbons (Fsp3) is 0.235. The van der Waals surface area contributed by atoms with E-state index in [1.165, 1.54) is 5.56 Å². The van der Waals surface area contributed by atoms with Crippen LogP contribution in [0.1, 0.15) is 27.0 Å². The molecule has 20 heavy (non-hydrogen) atoms. The molecule has 2 aromatic rings. The Bertz CT molecular complexity index is 630. The van der Waals surface area contributed by atoms with Crippen LogP contribution in [-0.2, 0) is 0 Å². The second-order valence-corrected chi connectivity index (χ2v) is 5.03. The monoisotopic (exact) mass is 269 g/mol. The Balaban J connectivity index is 2.09. The largest absolute Gasteiger partial charge is 0.485 e. The van der Waals surface area contributed by atoms with E-state index >= 15 is 0 Å². The van der Waals surface area contributed by atoms with E-state index in [9.17, 15) is 4.79 Å². The molecule has 0 amide bonds. The van der Waals surface area contributed by atoms with Crippen molar-refractivity contribution in [3.8, 4) is 5.75 Å². The predicted octanol–water partition coefficient (Wildman–Crippen LogP) is 3.46. The van der Waals surface area contributed by atoms with Crippen LogP contribution in [0.5, 0.6) is 5.75 Å². The van der Waals surface area contributed by atoms with Crippen molar-refractivity contribution >= 4 is 11.5 Å². The van der Waals surface area contributed by atoms with Crippen molar-refractivity contribution in [2.75, 3.05) is 12.3 Å². The Morgan fingerprint density at radius 1 is 1.00 bits per heavy atom. The van der Waals surface area contributed by atoms with Crippen molar-refractivity contribution in [1.29, 1.82) is 0 Å². The number of aryl methyl sites for hydroxylation is 3. The van der Waals surface area contributed by atoms with Gasteiger partial charge in [0, 0.05) is 11.3 Å². The third-order valence-electron chi connectivity index (χ3n) is 3.39. The lowest BCUT2D eigenvalue weighted by atomic mass is 9.98. The van der Waals surface area contributed by atoms with Crippen molar-refractivity contribution in [1.82, 2.24) is 0 Å². The first kappa shape index (κ1) is 14.1. The van der Waals surface area contributed by atoms with Crippen LogP contribution in [0.25, 0.3) is 0 Å². The Labute approximate surface area is 119 Å². The minimum absolute atomic E-state index is 0.0116. The van der Waals surface area contributed by atoms with Crippen molar-refractivity contribution in [3.63, 3.8) is 0 Å². The van der Waals surface area contributed by atoms with E-state index < -0.39 is 0 Å². The normalized spacial score (nSPS) is 10.3. The van der Waals surface area contributed by atoms with Gasteiger partial charge < -0.3 is 10.5 Å². The molecule has 3 heteroatoms. The van der Waals surface area contributed by atoms with Crippen LogP contribution in [-0.4, -0.2) is 12.4 Å². The number of carbonyl (C=O) groups excluding carboxylic acids is 1. The lowest BCUT2D eigenvalue weighted by molar-refractivity contribution is 0.0921. The van der Waals surface area contributed by atoms with Gasteiger partial charge in [0.2, 0.25) is 0 Å². The maximum Gasteiger partial charge on any atom is 0.200 e.